The Morgan fingerprint density at radius 2 is 1.83 bits per heavy atom. The lowest BCUT2D eigenvalue weighted by Gasteiger charge is -2.06. The molecule has 2 aromatic carbocycles. The molecule has 0 aliphatic heterocycles. The molecular weight excluding hydrogens is 296 g/mol. The number of amides is 1. The van der Waals surface area contributed by atoms with Crippen molar-refractivity contribution in [1.29, 1.82) is 0 Å². The Morgan fingerprint density at radius 1 is 1.08 bits per heavy atom. The molecule has 24 heavy (non-hydrogen) atoms. The normalized spacial score (nSPS) is 11.0. The highest BCUT2D eigenvalue weighted by Gasteiger charge is 2.15. The number of carbonyl (C=O) groups is 1. The topological polar surface area (TPSA) is 44.9 Å². The molecule has 0 fully saturated rings. The summed E-state index contributed by atoms with van der Waals surface area (Å²) in [7, 11) is 0. The molecule has 1 heterocycles. The van der Waals surface area contributed by atoms with Crippen molar-refractivity contribution in [2.24, 2.45) is 0 Å². The van der Waals surface area contributed by atoms with E-state index >= 15 is 0 Å². The van der Waals surface area contributed by atoms with Gasteiger partial charge in [-0.2, -0.15) is 0 Å². The fraction of sp³-hybridized carbons (Fsp3) is 0.286. The molecule has 3 heteroatoms. The zero-order chi connectivity index (χ0) is 17.1. The molecule has 1 aromatic heterocycles. The number of unbranched alkanes of at least 4 members (excludes halogenated alkanes) is 1. The number of anilines is 1. The van der Waals surface area contributed by atoms with Crippen molar-refractivity contribution in [3.8, 4) is 0 Å². The van der Waals surface area contributed by atoms with Crippen LogP contribution < -0.4 is 5.32 Å². The molecule has 0 spiro atoms. The molecular formula is C21H24N2O. The summed E-state index contributed by atoms with van der Waals surface area (Å²) < 4.78 is 0. The van der Waals surface area contributed by atoms with E-state index in [0.717, 1.165) is 28.6 Å². The first-order valence-corrected chi connectivity index (χ1v) is 8.57. The molecule has 0 atom stereocenters. The summed E-state index contributed by atoms with van der Waals surface area (Å²) in [6, 6.07) is 14.3. The highest BCUT2D eigenvalue weighted by atomic mass is 16.1. The molecule has 1 amide bonds. The van der Waals surface area contributed by atoms with Crippen LogP contribution >= 0.6 is 0 Å². The Kier molecular flexibility index (Phi) is 4.70. The van der Waals surface area contributed by atoms with E-state index in [-0.39, 0.29) is 5.91 Å². The second-order valence-corrected chi connectivity index (χ2v) is 6.43. The Hall–Kier alpha value is -2.55. The number of aromatic amines is 1. The van der Waals surface area contributed by atoms with Gasteiger partial charge in [-0.3, -0.25) is 4.79 Å². The van der Waals surface area contributed by atoms with Gasteiger partial charge in [-0.25, -0.2) is 0 Å². The van der Waals surface area contributed by atoms with Crippen molar-refractivity contribution < 1.29 is 4.79 Å². The van der Waals surface area contributed by atoms with E-state index < -0.39 is 0 Å². The fourth-order valence-electron chi connectivity index (χ4n) is 3.00. The maximum Gasteiger partial charge on any atom is 0.272 e. The molecule has 0 bridgehead atoms. The monoisotopic (exact) mass is 320 g/mol. The lowest BCUT2D eigenvalue weighted by atomic mass is 10.1. The zero-order valence-electron chi connectivity index (χ0n) is 14.6. The molecule has 3 rings (SSSR count). The van der Waals surface area contributed by atoms with Gasteiger partial charge in [-0.05, 0) is 62.1 Å². The van der Waals surface area contributed by atoms with Crippen molar-refractivity contribution in [1.82, 2.24) is 4.98 Å². The minimum atomic E-state index is -0.0948. The van der Waals surface area contributed by atoms with Crippen LogP contribution in [-0.2, 0) is 6.42 Å². The Labute approximate surface area is 143 Å². The lowest BCUT2D eigenvalue weighted by molar-refractivity contribution is 0.102. The summed E-state index contributed by atoms with van der Waals surface area (Å²) in [6.07, 6.45) is 3.47. The first-order chi connectivity index (χ1) is 11.6. The van der Waals surface area contributed by atoms with Crippen LogP contribution in [0.15, 0.2) is 42.5 Å². The van der Waals surface area contributed by atoms with Gasteiger partial charge in [0.2, 0.25) is 0 Å². The number of carbonyl (C=O) groups excluding carboxylic acids is 1. The van der Waals surface area contributed by atoms with Gasteiger partial charge >= 0.3 is 0 Å². The predicted molar refractivity (Wildman–Crippen MR) is 101 cm³/mol. The first-order valence-electron chi connectivity index (χ1n) is 8.57. The van der Waals surface area contributed by atoms with Crippen LogP contribution in [0.3, 0.4) is 0 Å². The molecule has 0 saturated heterocycles. The van der Waals surface area contributed by atoms with Crippen LogP contribution in [0.4, 0.5) is 5.69 Å². The average molecular weight is 320 g/mol. The minimum absolute atomic E-state index is 0.0948. The number of rotatable bonds is 5. The van der Waals surface area contributed by atoms with E-state index in [0.29, 0.717) is 5.69 Å². The number of aromatic nitrogens is 1. The molecule has 3 nitrogen and oxygen atoms in total. The number of fused-ring (bicyclic) bond motifs is 1. The van der Waals surface area contributed by atoms with Gasteiger partial charge in [0.15, 0.2) is 0 Å². The van der Waals surface area contributed by atoms with E-state index in [2.05, 4.69) is 48.4 Å². The van der Waals surface area contributed by atoms with Gasteiger partial charge in [0.05, 0.1) is 0 Å². The second-order valence-electron chi connectivity index (χ2n) is 6.43. The number of nitrogens with one attached hydrogen (secondary N) is 2. The third-order valence-electron chi connectivity index (χ3n) is 4.47. The van der Waals surface area contributed by atoms with E-state index in [9.17, 15) is 4.79 Å². The van der Waals surface area contributed by atoms with E-state index in [4.69, 9.17) is 0 Å². The minimum Gasteiger partial charge on any atom is -0.350 e. The Balaban J connectivity index is 1.78. The lowest BCUT2D eigenvalue weighted by Crippen LogP contribution is -2.13. The average Bonchev–Trinajstić information content (AvgIpc) is 2.91. The summed E-state index contributed by atoms with van der Waals surface area (Å²) in [5, 5.41) is 4.09. The predicted octanol–water partition coefficient (Wildman–Crippen LogP) is 5.38. The molecule has 0 aliphatic rings. The number of hydrogen-bond donors (Lipinski definition) is 2. The molecule has 0 aliphatic carbocycles. The second kappa shape index (κ2) is 6.91. The molecule has 0 radical (unpaired) electrons. The van der Waals surface area contributed by atoms with Gasteiger partial charge in [-0.1, -0.05) is 37.1 Å². The van der Waals surface area contributed by atoms with Gasteiger partial charge in [-0.15, -0.1) is 0 Å². The zero-order valence-corrected chi connectivity index (χ0v) is 14.6. The SMILES string of the molecule is CCCCc1ccc(NC(=O)c2[nH]c3ccc(C)cc3c2C)cc1. The van der Waals surface area contributed by atoms with Gasteiger partial charge in [0, 0.05) is 16.6 Å². The highest BCUT2D eigenvalue weighted by Crippen LogP contribution is 2.23. The summed E-state index contributed by atoms with van der Waals surface area (Å²) in [5.74, 6) is -0.0948. The van der Waals surface area contributed by atoms with Crippen LogP contribution in [-0.4, -0.2) is 10.9 Å². The van der Waals surface area contributed by atoms with Crippen molar-refractivity contribution in [2.45, 2.75) is 40.0 Å². The number of hydrogen-bond acceptors (Lipinski definition) is 1. The van der Waals surface area contributed by atoms with E-state index in [1.165, 1.54) is 24.0 Å². The third kappa shape index (κ3) is 3.35. The Bertz CT molecular complexity index is 859. The Morgan fingerprint density at radius 3 is 2.54 bits per heavy atom. The van der Waals surface area contributed by atoms with Crippen molar-refractivity contribution in [2.75, 3.05) is 5.32 Å². The van der Waals surface area contributed by atoms with Crippen molar-refractivity contribution in [3.63, 3.8) is 0 Å². The van der Waals surface area contributed by atoms with Gasteiger partial charge < -0.3 is 10.3 Å². The van der Waals surface area contributed by atoms with Crippen LogP contribution in [0, 0.1) is 13.8 Å². The van der Waals surface area contributed by atoms with Crippen molar-refractivity contribution in [3.05, 3.63) is 64.8 Å². The quantitative estimate of drug-likeness (QED) is 0.651. The van der Waals surface area contributed by atoms with E-state index in [1.807, 2.05) is 25.1 Å². The maximum absolute atomic E-state index is 12.6. The molecule has 0 unspecified atom stereocenters. The molecule has 0 saturated carbocycles. The van der Waals surface area contributed by atoms with Gasteiger partial charge in [0.1, 0.15) is 5.69 Å². The van der Waals surface area contributed by atoms with Crippen LogP contribution in [0.2, 0.25) is 0 Å². The van der Waals surface area contributed by atoms with E-state index in [1.54, 1.807) is 0 Å². The third-order valence-corrected chi connectivity index (χ3v) is 4.47. The summed E-state index contributed by atoms with van der Waals surface area (Å²) in [4.78, 5) is 15.8. The maximum atomic E-state index is 12.6. The van der Waals surface area contributed by atoms with Crippen LogP contribution in [0.5, 0.6) is 0 Å². The fourth-order valence-corrected chi connectivity index (χ4v) is 3.00. The largest absolute Gasteiger partial charge is 0.350 e. The standard InChI is InChI=1S/C21H24N2O/c1-4-5-6-16-8-10-17(11-9-16)22-21(24)20-15(3)18-13-14(2)7-12-19(18)23-20/h7-13,23H,4-6H2,1-3H3,(H,22,24). The highest BCUT2D eigenvalue weighted by molar-refractivity contribution is 6.07. The summed E-state index contributed by atoms with van der Waals surface area (Å²) in [5.41, 5.74) is 5.95. The summed E-state index contributed by atoms with van der Waals surface area (Å²) >= 11 is 0. The smallest absolute Gasteiger partial charge is 0.272 e. The first kappa shape index (κ1) is 16.3. The van der Waals surface area contributed by atoms with Gasteiger partial charge in [0.25, 0.3) is 5.91 Å². The number of H-pyrrole nitrogens is 1. The van der Waals surface area contributed by atoms with Crippen LogP contribution in [0.25, 0.3) is 10.9 Å². The summed E-state index contributed by atoms with van der Waals surface area (Å²) in [6.45, 7) is 6.24. The van der Waals surface area contributed by atoms with Crippen LogP contribution in [0.1, 0.15) is 46.9 Å². The van der Waals surface area contributed by atoms with Crippen molar-refractivity contribution >= 4 is 22.5 Å². The number of benzene rings is 2. The molecule has 124 valence electrons. The molecule has 3 aromatic rings. The number of aryl methyl sites for hydroxylation is 3. The molecule has 2 N–H and O–H groups in total.